The second-order valence-corrected chi connectivity index (χ2v) is 5.53. The topological polar surface area (TPSA) is 23.5 Å². The highest BCUT2D eigenvalue weighted by Crippen LogP contribution is 2.33. The van der Waals surface area contributed by atoms with Gasteiger partial charge in [0.25, 0.3) is 0 Å². The monoisotopic (exact) mass is 281 g/mol. The van der Waals surface area contributed by atoms with Crippen LogP contribution in [0.3, 0.4) is 0 Å². The molecule has 0 radical (unpaired) electrons. The third-order valence-electron chi connectivity index (χ3n) is 3.55. The molecule has 2 aromatic rings. The van der Waals surface area contributed by atoms with Crippen molar-refractivity contribution in [2.75, 3.05) is 20.6 Å². The molecule has 2 aromatic carbocycles. The summed E-state index contributed by atoms with van der Waals surface area (Å²) in [6, 6.07) is 19.7. The second kappa shape index (κ2) is 7.21. The molecule has 21 heavy (non-hydrogen) atoms. The van der Waals surface area contributed by atoms with E-state index in [1.54, 1.807) is 0 Å². The Morgan fingerprint density at radius 2 is 1.33 bits per heavy atom. The lowest BCUT2D eigenvalue weighted by Crippen LogP contribution is -2.26. The zero-order chi connectivity index (χ0) is 15.1. The molecule has 0 aliphatic carbocycles. The number of aliphatic hydroxyl groups is 1. The lowest BCUT2D eigenvalue weighted by atomic mass is 9.83. The Hall–Kier alpha value is -1.90. The molecule has 0 aliphatic rings. The highest BCUT2D eigenvalue weighted by Gasteiger charge is 2.29. The molecule has 0 amide bonds. The van der Waals surface area contributed by atoms with Crippen LogP contribution in [-0.4, -0.2) is 30.6 Å². The standard InChI is InChI=1S/C19H23NO/c1-20(2)16-10-9-15-19(21,17-11-5-3-6-12-17)18-13-7-4-8-14-18/h3-14,21H,15-16H2,1-2H3/b10-9-. The van der Waals surface area contributed by atoms with Crippen molar-refractivity contribution in [2.24, 2.45) is 0 Å². The van der Waals surface area contributed by atoms with E-state index in [1.807, 2.05) is 74.8 Å². The van der Waals surface area contributed by atoms with Gasteiger partial charge in [-0.05, 0) is 25.2 Å². The molecule has 0 aliphatic heterocycles. The van der Waals surface area contributed by atoms with E-state index in [0.29, 0.717) is 6.42 Å². The molecule has 0 fully saturated rings. The lowest BCUT2D eigenvalue weighted by molar-refractivity contribution is 0.0840. The number of likely N-dealkylation sites (N-methyl/N-ethyl adjacent to an activating group) is 1. The van der Waals surface area contributed by atoms with Crippen molar-refractivity contribution in [1.82, 2.24) is 4.90 Å². The first-order chi connectivity index (χ1) is 10.1. The van der Waals surface area contributed by atoms with Crippen LogP contribution in [-0.2, 0) is 5.60 Å². The summed E-state index contributed by atoms with van der Waals surface area (Å²) in [5.74, 6) is 0. The molecule has 2 rings (SSSR count). The molecule has 2 nitrogen and oxygen atoms in total. The highest BCUT2D eigenvalue weighted by atomic mass is 16.3. The Morgan fingerprint density at radius 3 is 1.76 bits per heavy atom. The number of benzene rings is 2. The van der Waals surface area contributed by atoms with Gasteiger partial charge in [0.15, 0.2) is 0 Å². The third-order valence-corrected chi connectivity index (χ3v) is 3.55. The molecule has 0 heterocycles. The Morgan fingerprint density at radius 1 is 0.857 bits per heavy atom. The van der Waals surface area contributed by atoms with E-state index in [0.717, 1.165) is 17.7 Å². The number of hydrogen-bond acceptors (Lipinski definition) is 2. The van der Waals surface area contributed by atoms with Crippen molar-refractivity contribution < 1.29 is 5.11 Å². The molecular formula is C19H23NO. The first-order valence-electron chi connectivity index (χ1n) is 7.26. The average molecular weight is 281 g/mol. The number of nitrogens with zero attached hydrogens (tertiary/aromatic N) is 1. The third kappa shape index (κ3) is 4.03. The fourth-order valence-corrected chi connectivity index (χ4v) is 2.37. The van der Waals surface area contributed by atoms with E-state index < -0.39 is 5.60 Å². The van der Waals surface area contributed by atoms with E-state index in [4.69, 9.17) is 0 Å². The van der Waals surface area contributed by atoms with E-state index in [1.165, 1.54) is 0 Å². The van der Waals surface area contributed by atoms with Crippen molar-refractivity contribution in [3.05, 3.63) is 83.9 Å². The molecule has 0 saturated carbocycles. The first kappa shape index (κ1) is 15.5. The average Bonchev–Trinajstić information content (AvgIpc) is 2.53. The fourth-order valence-electron chi connectivity index (χ4n) is 2.37. The van der Waals surface area contributed by atoms with E-state index in [2.05, 4.69) is 17.1 Å². The van der Waals surface area contributed by atoms with Crippen LogP contribution < -0.4 is 0 Å². The minimum Gasteiger partial charge on any atom is -0.380 e. The number of rotatable bonds is 6. The Kier molecular flexibility index (Phi) is 5.32. The molecule has 2 heteroatoms. The second-order valence-electron chi connectivity index (χ2n) is 5.53. The minimum absolute atomic E-state index is 0.564. The summed E-state index contributed by atoms with van der Waals surface area (Å²) in [6.07, 6.45) is 4.71. The van der Waals surface area contributed by atoms with Crippen molar-refractivity contribution >= 4 is 0 Å². The van der Waals surface area contributed by atoms with Gasteiger partial charge in [-0.2, -0.15) is 0 Å². The maximum atomic E-state index is 11.3. The van der Waals surface area contributed by atoms with Gasteiger partial charge < -0.3 is 10.0 Å². The first-order valence-corrected chi connectivity index (χ1v) is 7.26. The van der Waals surface area contributed by atoms with Gasteiger partial charge in [0.05, 0.1) is 0 Å². The van der Waals surface area contributed by atoms with Crippen molar-refractivity contribution in [2.45, 2.75) is 12.0 Å². The smallest absolute Gasteiger partial charge is 0.118 e. The minimum atomic E-state index is -0.981. The zero-order valence-corrected chi connectivity index (χ0v) is 12.7. The number of hydrogen-bond donors (Lipinski definition) is 1. The molecule has 110 valence electrons. The van der Waals surface area contributed by atoms with Crippen molar-refractivity contribution in [1.29, 1.82) is 0 Å². The van der Waals surface area contributed by atoms with Crippen LogP contribution in [0.1, 0.15) is 17.5 Å². The normalized spacial score (nSPS) is 12.2. The van der Waals surface area contributed by atoms with Crippen LogP contribution in [0, 0.1) is 0 Å². The summed E-state index contributed by atoms with van der Waals surface area (Å²) in [6.45, 7) is 0.875. The van der Waals surface area contributed by atoms with Gasteiger partial charge >= 0.3 is 0 Å². The van der Waals surface area contributed by atoms with Gasteiger partial charge in [-0.15, -0.1) is 0 Å². The summed E-state index contributed by atoms with van der Waals surface area (Å²) >= 11 is 0. The molecule has 0 unspecified atom stereocenters. The van der Waals surface area contributed by atoms with Gasteiger partial charge in [-0.3, -0.25) is 0 Å². The van der Waals surface area contributed by atoms with Crippen LogP contribution in [0.15, 0.2) is 72.8 Å². The fraction of sp³-hybridized carbons (Fsp3) is 0.263. The van der Waals surface area contributed by atoms with E-state index in [-0.39, 0.29) is 0 Å². The van der Waals surface area contributed by atoms with Crippen LogP contribution in [0.25, 0.3) is 0 Å². The summed E-state index contributed by atoms with van der Waals surface area (Å²) in [5.41, 5.74) is 0.863. The van der Waals surface area contributed by atoms with E-state index >= 15 is 0 Å². The largest absolute Gasteiger partial charge is 0.380 e. The van der Waals surface area contributed by atoms with Gasteiger partial charge in [-0.1, -0.05) is 72.8 Å². The molecule has 0 bridgehead atoms. The van der Waals surface area contributed by atoms with Crippen LogP contribution in [0.2, 0.25) is 0 Å². The van der Waals surface area contributed by atoms with Crippen molar-refractivity contribution in [3.8, 4) is 0 Å². The predicted molar refractivity (Wildman–Crippen MR) is 88.2 cm³/mol. The molecule has 0 aromatic heterocycles. The summed E-state index contributed by atoms with van der Waals surface area (Å²) in [7, 11) is 4.07. The molecule has 1 N–H and O–H groups in total. The quantitative estimate of drug-likeness (QED) is 0.820. The summed E-state index contributed by atoms with van der Waals surface area (Å²) in [5, 5.41) is 11.3. The summed E-state index contributed by atoms with van der Waals surface area (Å²) < 4.78 is 0. The molecule has 0 saturated heterocycles. The molecular weight excluding hydrogens is 258 g/mol. The Bertz CT molecular complexity index is 521. The van der Waals surface area contributed by atoms with Crippen LogP contribution in [0.5, 0.6) is 0 Å². The van der Waals surface area contributed by atoms with Crippen LogP contribution >= 0.6 is 0 Å². The maximum Gasteiger partial charge on any atom is 0.118 e. The van der Waals surface area contributed by atoms with Gasteiger partial charge in [0.1, 0.15) is 5.60 Å². The van der Waals surface area contributed by atoms with E-state index in [9.17, 15) is 5.11 Å². The Balaban J connectivity index is 2.29. The molecule has 0 atom stereocenters. The predicted octanol–water partition coefficient (Wildman–Crippen LogP) is 3.43. The van der Waals surface area contributed by atoms with Crippen LogP contribution in [0.4, 0.5) is 0 Å². The highest BCUT2D eigenvalue weighted by molar-refractivity contribution is 5.36. The van der Waals surface area contributed by atoms with Gasteiger partial charge in [0, 0.05) is 13.0 Å². The van der Waals surface area contributed by atoms with Gasteiger partial charge in [0.2, 0.25) is 0 Å². The Labute approximate surface area is 127 Å². The zero-order valence-electron chi connectivity index (χ0n) is 12.7. The van der Waals surface area contributed by atoms with Gasteiger partial charge in [-0.25, -0.2) is 0 Å². The SMILES string of the molecule is CN(C)C/C=C\CC(O)(c1ccccc1)c1ccccc1. The molecule has 0 spiro atoms. The lowest BCUT2D eigenvalue weighted by Gasteiger charge is -2.28. The maximum absolute atomic E-state index is 11.3. The van der Waals surface area contributed by atoms with Crippen molar-refractivity contribution in [3.63, 3.8) is 0 Å². The summed E-state index contributed by atoms with van der Waals surface area (Å²) in [4.78, 5) is 2.10.